The zero-order valence-corrected chi connectivity index (χ0v) is 10.1. The van der Waals surface area contributed by atoms with E-state index in [2.05, 4.69) is 4.72 Å². The van der Waals surface area contributed by atoms with Gasteiger partial charge in [0.1, 0.15) is 0 Å². The molecule has 92 valence electrons. The average Bonchev–Trinajstić information content (AvgIpc) is 2.96. The van der Waals surface area contributed by atoms with Crippen molar-refractivity contribution in [2.45, 2.75) is 31.7 Å². The first-order valence-corrected chi connectivity index (χ1v) is 7.53. The van der Waals surface area contributed by atoms with Crippen LogP contribution in [-0.2, 0) is 10.0 Å². The van der Waals surface area contributed by atoms with Crippen molar-refractivity contribution in [2.75, 3.05) is 12.4 Å². The standard InChI is InChI=1S/C11H19NO3S/c13-8-10-3-4-11(7-10)12-16(14,15)6-5-9-1-2-9/h3-4,9-13H,1-2,5-8H2/t10-,11+/m0/s1. The Balaban J connectivity index is 1.77. The Morgan fingerprint density at radius 1 is 1.31 bits per heavy atom. The van der Waals surface area contributed by atoms with Gasteiger partial charge in [0.2, 0.25) is 10.0 Å². The summed E-state index contributed by atoms with van der Waals surface area (Å²) in [5, 5.41) is 8.94. The monoisotopic (exact) mass is 245 g/mol. The smallest absolute Gasteiger partial charge is 0.212 e. The first-order chi connectivity index (χ1) is 7.59. The molecular weight excluding hydrogens is 226 g/mol. The summed E-state index contributed by atoms with van der Waals surface area (Å²) in [6.07, 6.45) is 7.56. The molecule has 4 nitrogen and oxygen atoms in total. The molecule has 2 aliphatic rings. The SMILES string of the molecule is O=S(=O)(CCC1CC1)N[C@@H]1C=C[C@H](CO)C1. The largest absolute Gasteiger partial charge is 0.396 e. The molecule has 0 bridgehead atoms. The molecule has 5 heteroatoms. The summed E-state index contributed by atoms with van der Waals surface area (Å²) < 4.78 is 26.1. The van der Waals surface area contributed by atoms with E-state index in [1.807, 2.05) is 12.2 Å². The fourth-order valence-corrected chi connectivity index (χ4v) is 3.41. The van der Waals surface area contributed by atoms with Gasteiger partial charge in [-0.2, -0.15) is 0 Å². The topological polar surface area (TPSA) is 66.4 Å². The highest BCUT2D eigenvalue weighted by Gasteiger charge is 2.26. The molecule has 0 spiro atoms. The van der Waals surface area contributed by atoms with Gasteiger partial charge in [0.15, 0.2) is 0 Å². The lowest BCUT2D eigenvalue weighted by Gasteiger charge is -2.12. The van der Waals surface area contributed by atoms with Gasteiger partial charge in [-0.3, -0.25) is 0 Å². The quantitative estimate of drug-likeness (QED) is 0.675. The number of aliphatic hydroxyl groups excluding tert-OH is 1. The lowest BCUT2D eigenvalue weighted by atomic mass is 10.1. The van der Waals surface area contributed by atoms with Gasteiger partial charge >= 0.3 is 0 Å². The zero-order chi connectivity index (χ0) is 11.6. The third-order valence-electron chi connectivity index (χ3n) is 3.23. The number of nitrogens with one attached hydrogen (secondary N) is 1. The van der Waals surface area contributed by atoms with Gasteiger partial charge in [0, 0.05) is 18.6 Å². The molecule has 0 heterocycles. The minimum Gasteiger partial charge on any atom is -0.396 e. The average molecular weight is 245 g/mol. The fourth-order valence-electron chi connectivity index (χ4n) is 2.02. The lowest BCUT2D eigenvalue weighted by molar-refractivity contribution is 0.248. The molecule has 0 aromatic carbocycles. The Hall–Kier alpha value is -0.390. The number of aliphatic hydroxyl groups is 1. The summed E-state index contributed by atoms with van der Waals surface area (Å²) in [4.78, 5) is 0. The van der Waals surface area contributed by atoms with Crippen molar-refractivity contribution >= 4 is 10.0 Å². The minimum absolute atomic E-state index is 0.0940. The van der Waals surface area contributed by atoms with E-state index in [9.17, 15) is 8.42 Å². The van der Waals surface area contributed by atoms with Crippen LogP contribution in [0.25, 0.3) is 0 Å². The van der Waals surface area contributed by atoms with Crippen LogP contribution < -0.4 is 4.72 Å². The Kier molecular flexibility index (Phi) is 3.66. The molecule has 0 saturated heterocycles. The second kappa shape index (κ2) is 4.85. The molecule has 2 N–H and O–H groups in total. The van der Waals surface area contributed by atoms with Crippen LogP contribution in [0.15, 0.2) is 12.2 Å². The molecule has 0 aliphatic heterocycles. The number of hydrogen-bond acceptors (Lipinski definition) is 3. The maximum atomic E-state index is 11.7. The van der Waals surface area contributed by atoms with Crippen molar-refractivity contribution in [1.82, 2.24) is 4.72 Å². The van der Waals surface area contributed by atoms with E-state index in [1.54, 1.807) is 0 Å². The van der Waals surface area contributed by atoms with Crippen LogP contribution in [0, 0.1) is 11.8 Å². The minimum atomic E-state index is -3.13. The molecule has 1 saturated carbocycles. The highest BCUT2D eigenvalue weighted by Crippen LogP contribution is 2.32. The molecule has 0 unspecified atom stereocenters. The molecule has 16 heavy (non-hydrogen) atoms. The third kappa shape index (κ3) is 3.57. The molecule has 2 atom stereocenters. The van der Waals surface area contributed by atoms with E-state index in [0.717, 1.165) is 6.42 Å². The van der Waals surface area contributed by atoms with Gasteiger partial charge < -0.3 is 5.11 Å². The molecule has 2 rings (SSSR count). The molecule has 0 aromatic heterocycles. The van der Waals surface area contributed by atoms with Crippen LogP contribution in [0.2, 0.25) is 0 Å². The van der Waals surface area contributed by atoms with Crippen LogP contribution in [0.4, 0.5) is 0 Å². The van der Waals surface area contributed by atoms with Gasteiger partial charge in [-0.05, 0) is 18.8 Å². The molecule has 1 fully saturated rings. The van der Waals surface area contributed by atoms with Crippen molar-refractivity contribution in [3.8, 4) is 0 Å². The Morgan fingerprint density at radius 3 is 2.62 bits per heavy atom. The predicted octanol–water partition coefficient (Wildman–Crippen LogP) is 0.643. The van der Waals surface area contributed by atoms with Crippen LogP contribution in [0.3, 0.4) is 0 Å². The van der Waals surface area contributed by atoms with Crippen molar-refractivity contribution in [2.24, 2.45) is 11.8 Å². The van der Waals surface area contributed by atoms with Gasteiger partial charge in [-0.1, -0.05) is 25.0 Å². The Morgan fingerprint density at radius 2 is 2.06 bits per heavy atom. The van der Waals surface area contributed by atoms with E-state index in [0.29, 0.717) is 12.3 Å². The van der Waals surface area contributed by atoms with Crippen LogP contribution in [0.5, 0.6) is 0 Å². The number of sulfonamides is 1. The van der Waals surface area contributed by atoms with Crippen LogP contribution in [-0.4, -0.2) is 31.9 Å². The van der Waals surface area contributed by atoms with E-state index in [1.165, 1.54) is 12.8 Å². The second-order valence-corrected chi connectivity index (χ2v) is 6.71. The number of hydrogen-bond donors (Lipinski definition) is 2. The summed E-state index contributed by atoms with van der Waals surface area (Å²) in [5.74, 6) is 0.989. The van der Waals surface area contributed by atoms with Crippen molar-refractivity contribution in [1.29, 1.82) is 0 Å². The normalized spacial score (nSPS) is 29.8. The van der Waals surface area contributed by atoms with Gasteiger partial charge in [-0.15, -0.1) is 0 Å². The van der Waals surface area contributed by atoms with Crippen molar-refractivity contribution in [3.63, 3.8) is 0 Å². The third-order valence-corrected chi connectivity index (χ3v) is 4.66. The summed E-state index contributed by atoms with van der Waals surface area (Å²) in [6, 6.07) is -0.124. The van der Waals surface area contributed by atoms with Crippen LogP contribution in [0.1, 0.15) is 25.7 Å². The van der Waals surface area contributed by atoms with E-state index >= 15 is 0 Å². The maximum Gasteiger partial charge on any atom is 0.212 e. The first-order valence-electron chi connectivity index (χ1n) is 5.88. The van der Waals surface area contributed by atoms with E-state index in [4.69, 9.17) is 5.11 Å². The fraction of sp³-hybridized carbons (Fsp3) is 0.818. The number of rotatable bonds is 6. The lowest BCUT2D eigenvalue weighted by Crippen LogP contribution is -2.34. The maximum absolute atomic E-state index is 11.7. The molecule has 2 aliphatic carbocycles. The van der Waals surface area contributed by atoms with Crippen LogP contribution >= 0.6 is 0 Å². The highest BCUT2D eigenvalue weighted by molar-refractivity contribution is 7.89. The van der Waals surface area contributed by atoms with E-state index in [-0.39, 0.29) is 24.3 Å². The van der Waals surface area contributed by atoms with E-state index < -0.39 is 10.0 Å². The molecule has 0 aromatic rings. The molecule has 0 amide bonds. The summed E-state index contributed by atoms with van der Waals surface area (Å²) >= 11 is 0. The highest BCUT2D eigenvalue weighted by atomic mass is 32.2. The van der Waals surface area contributed by atoms with Crippen molar-refractivity contribution < 1.29 is 13.5 Å². The van der Waals surface area contributed by atoms with Crippen molar-refractivity contribution in [3.05, 3.63) is 12.2 Å². The van der Waals surface area contributed by atoms with Gasteiger partial charge in [0.25, 0.3) is 0 Å². The Labute approximate surface area is 96.8 Å². The Bertz CT molecular complexity index is 359. The predicted molar refractivity (Wildman–Crippen MR) is 62.4 cm³/mol. The second-order valence-electron chi connectivity index (χ2n) is 4.84. The summed E-state index contributed by atoms with van der Waals surface area (Å²) in [7, 11) is -3.13. The van der Waals surface area contributed by atoms with Gasteiger partial charge in [0.05, 0.1) is 5.75 Å². The first kappa shape index (κ1) is 12.1. The summed E-state index contributed by atoms with van der Waals surface area (Å²) in [6.45, 7) is 0.0940. The molecular formula is C11H19NO3S. The molecule has 0 radical (unpaired) electrons. The van der Waals surface area contributed by atoms with Gasteiger partial charge in [-0.25, -0.2) is 13.1 Å². The zero-order valence-electron chi connectivity index (χ0n) is 9.30. The summed E-state index contributed by atoms with van der Waals surface area (Å²) in [5.41, 5.74) is 0.